The van der Waals surface area contributed by atoms with Crippen LogP contribution in [0.2, 0.25) is 0 Å². The topological polar surface area (TPSA) is 362 Å². The number of piperazine rings is 2. The minimum absolute atomic E-state index is 0.0587. The van der Waals surface area contributed by atoms with Gasteiger partial charge in [0.2, 0.25) is 29.5 Å². The van der Waals surface area contributed by atoms with E-state index in [1.54, 1.807) is 21.8 Å². The summed E-state index contributed by atoms with van der Waals surface area (Å²) >= 11 is 0. The first-order chi connectivity index (χ1) is 53.6. The summed E-state index contributed by atoms with van der Waals surface area (Å²) in [5.41, 5.74) is 20.0. The average molecular weight is 1490 g/mol. The van der Waals surface area contributed by atoms with E-state index >= 15 is 0 Å². The Balaban J connectivity index is 0.451. The quantitative estimate of drug-likeness (QED) is 0.0181. The third kappa shape index (κ3) is 19.4. The third-order valence-corrected chi connectivity index (χ3v) is 19.8. The van der Waals surface area contributed by atoms with Crippen molar-refractivity contribution in [3.8, 4) is 57.1 Å². The van der Waals surface area contributed by atoms with Gasteiger partial charge in [-0.3, -0.25) is 33.3 Å². The zero-order valence-corrected chi connectivity index (χ0v) is 62.4. The summed E-state index contributed by atoms with van der Waals surface area (Å²) in [4.78, 5) is 111. The Morgan fingerprint density at radius 2 is 0.945 bits per heavy atom. The Bertz CT molecular complexity index is 5170. The molecule has 2 saturated heterocycles. The Morgan fingerprint density at radius 3 is 1.42 bits per heavy atom. The number of H-pyrrole nitrogens is 4. The molecule has 31 nitrogen and oxygen atoms in total. The number of hydrogen-bond acceptors (Lipinski definition) is 20. The lowest BCUT2D eigenvalue weighted by molar-refractivity contribution is -0.141. The first-order valence-electron chi connectivity index (χ1n) is 37.8. The second-order valence-electron chi connectivity index (χ2n) is 28.2. The Labute approximate surface area is 635 Å². The monoisotopic (exact) mass is 1490 g/mol. The van der Waals surface area contributed by atoms with Gasteiger partial charge in [-0.25, -0.2) is 19.9 Å². The summed E-state index contributed by atoms with van der Waals surface area (Å²) in [7, 11) is 4.32. The van der Waals surface area contributed by atoms with E-state index in [9.17, 15) is 24.0 Å². The molecule has 8 heterocycles. The second-order valence-corrected chi connectivity index (χ2v) is 28.2. The number of aromatic amines is 4. The number of anilines is 2. The van der Waals surface area contributed by atoms with Crippen LogP contribution in [0.25, 0.3) is 89.7 Å². The summed E-state index contributed by atoms with van der Waals surface area (Å²) in [6, 6.07) is 40.5. The van der Waals surface area contributed by atoms with Crippen LogP contribution in [-0.2, 0) is 50.2 Å². The second kappa shape index (κ2) is 35.3. The SMILES string of the molecule is CCCN(CC(=O)N(CC(N)=O)Cc1cn(CCCNC(=O)CCCOc2cccc(-c3nc4ccc(-c5nc6ccc(N7CCN(C)CC7)cc6[nH]5)cc4[nH]3)c2)nn1)C(=O)CNCc1cn(CCCNC(=O)CCCOc2cccc(-c3nc4ccc(-c5nc6ccc(N7CCN(C)CC7)cc6[nH]5)cc4[nH]3)c2)nn1. The summed E-state index contributed by atoms with van der Waals surface area (Å²) in [5, 5.41) is 25.9. The van der Waals surface area contributed by atoms with Crippen LogP contribution in [0.15, 0.2) is 134 Å². The number of carbonyl (C=O) groups is 5. The Hall–Kier alpha value is -12.1. The van der Waals surface area contributed by atoms with Crippen molar-refractivity contribution < 1.29 is 33.4 Å². The van der Waals surface area contributed by atoms with Crippen molar-refractivity contribution in [1.29, 1.82) is 0 Å². The molecule has 2 aliphatic rings. The Morgan fingerprint density at radius 1 is 0.500 bits per heavy atom. The van der Waals surface area contributed by atoms with E-state index in [0.717, 1.165) is 136 Å². The van der Waals surface area contributed by atoms with Crippen LogP contribution >= 0.6 is 0 Å². The maximum atomic E-state index is 13.8. The molecule has 572 valence electrons. The first-order valence-corrected chi connectivity index (χ1v) is 37.8. The molecule has 14 rings (SSSR count). The number of hydrogen-bond donors (Lipinski definition) is 8. The number of imidazole rings is 4. The van der Waals surface area contributed by atoms with Crippen LogP contribution in [0, 0.1) is 0 Å². The number of nitrogens with two attached hydrogens (primary N) is 1. The van der Waals surface area contributed by atoms with Crippen LogP contribution in [0.4, 0.5) is 11.4 Å². The fourth-order valence-electron chi connectivity index (χ4n) is 13.7. The van der Waals surface area contributed by atoms with Crippen molar-refractivity contribution >= 4 is 85.0 Å². The number of benzene rings is 6. The fourth-order valence-corrected chi connectivity index (χ4v) is 13.7. The van der Waals surface area contributed by atoms with E-state index in [1.165, 1.54) is 21.2 Å². The number of primary amides is 1. The van der Waals surface area contributed by atoms with Crippen molar-refractivity contribution in [3.63, 3.8) is 0 Å². The number of ether oxygens (including phenoxy) is 2. The zero-order chi connectivity index (χ0) is 75.9. The number of aryl methyl sites for hydroxylation is 2. The number of aromatic nitrogens is 14. The van der Waals surface area contributed by atoms with Gasteiger partial charge in [0.1, 0.15) is 40.5 Å². The van der Waals surface area contributed by atoms with Crippen molar-refractivity contribution in [1.82, 2.24) is 105 Å². The average Bonchev–Trinajstić information content (AvgIpc) is 1.64. The highest BCUT2D eigenvalue weighted by atomic mass is 16.5. The molecule has 2 aliphatic heterocycles. The highest BCUT2D eigenvalue weighted by Crippen LogP contribution is 2.32. The minimum Gasteiger partial charge on any atom is -0.494 e. The normalized spacial score (nSPS) is 13.6. The number of likely N-dealkylation sites (N-methyl/N-ethyl adjacent to an activating group) is 2. The highest BCUT2D eigenvalue weighted by molar-refractivity contribution is 5.91. The van der Waals surface area contributed by atoms with Crippen LogP contribution < -0.4 is 41.0 Å². The molecule has 0 spiro atoms. The van der Waals surface area contributed by atoms with Crippen molar-refractivity contribution in [2.45, 2.75) is 78.0 Å². The van der Waals surface area contributed by atoms with Gasteiger partial charge in [0.25, 0.3) is 0 Å². The molecule has 12 aromatic rings. The largest absolute Gasteiger partial charge is 0.494 e. The number of rotatable bonds is 36. The summed E-state index contributed by atoms with van der Waals surface area (Å²) in [6.45, 7) is 12.3. The molecule has 5 amide bonds. The van der Waals surface area contributed by atoms with Crippen molar-refractivity contribution in [2.75, 3.05) is 129 Å². The van der Waals surface area contributed by atoms with Crippen molar-refractivity contribution in [3.05, 3.63) is 145 Å². The molecule has 6 aromatic heterocycles. The van der Waals surface area contributed by atoms with Gasteiger partial charge in [0.05, 0.1) is 95.4 Å². The number of nitrogens with zero attached hydrogens (tertiary/aromatic N) is 16. The zero-order valence-electron chi connectivity index (χ0n) is 62.4. The lowest BCUT2D eigenvalue weighted by Crippen LogP contribution is -2.47. The maximum absolute atomic E-state index is 13.8. The van der Waals surface area contributed by atoms with E-state index in [4.69, 9.17) is 35.1 Å². The summed E-state index contributed by atoms with van der Waals surface area (Å²) < 4.78 is 15.4. The number of carbonyl (C=O) groups excluding carboxylic acids is 5. The maximum Gasteiger partial charge on any atom is 0.243 e. The molecule has 110 heavy (non-hydrogen) atoms. The van der Waals surface area contributed by atoms with Crippen LogP contribution in [0.5, 0.6) is 11.5 Å². The van der Waals surface area contributed by atoms with Gasteiger partial charge in [-0.15, -0.1) is 10.2 Å². The van der Waals surface area contributed by atoms with E-state index < -0.39 is 11.8 Å². The van der Waals surface area contributed by atoms with E-state index in [2.05, 4.69) is 139 Å². The first kappa shape index (κ1) is 74.8. The molecule has 0 radical (unpaired) electrons. The van der Waals surface area contributed by atoms with Gasteiger partial charge in [0, 0.05) is 144 Å². The third-order valence-electron chi connectivity index (χ3n) is 19.8. The molecule has 0 atom stereocenters. The molecule has 0 aliphatic carbocycles. The van der Waals surface area contributed by atoms with Gasteiger partial charge in [-0.05, 0) is 143 Å². The summed E-state index contributed by atoms with van der Waals surface area (Å²) in [5.74, 6) is 2.69. The van der Waals surface area contributed by atoms with E-state index in [-0.39, 0.29) is 56.9 Å². The Kier molecular flexibility index (Phi) is 24.0. The van der Waals surface area contributed by atoms with Crippen molar-refractivity contribution in [2.24, 2.45) is 5.73 Å². The van der Waals surface area contributed by atoms with Gasteiger partial charge in [0.15, 0.2) is 0 Å². The highest BCUT2D eigenvalue weighted by Gasteiger charge is 2.25. The van der Waals surface area contributed by atoms with E-state index in [0.29, 0.717) is 113 Å². The molecule has 2 fully saturated rings. The van der Waals surface area contributed by atoms with E-state index in [1.807, 2.05) is 79.7 Å². The lowest BCUT2D eigenvalue weighted by Gasteiger charge is -2.34. The van der Waals surface area contributed by atoms with Crippen LogP contribution in [0.1, 0.15) is 63.3 Å². The van der Waals surface area contributed by atoms with Gasteiger partial charge in [-0.2, -0.15) is 0 Å². The molecule has 0 bridgehead atoms. The predicted molar refractivity (Wildman–Crippen MR) is 421 cm³/mol. The number of amides is 5. The molecule has 0 saturated carbocycles. The smallest absolute Gasteiger partial charge is 0.243 e. The minimum atomic E-state index is -0.720. The number of nitrogens with one attached hydrogen (secondary N) is 7. The molecular weight excluding hydrogens is 1400 g/mol. The molecule has 0 unspecified atom stereocenters. The lowest BCUT2D eigenvalue weighted by atomic mass is 10.2. The molecular formula is C79H94N24O7. The molecule has 6 aromatic carbocycles. The van der Waals surface area contributed by atoms with Gasteiger partial charge >= 0.3 is 0 Å². The molecule has 9 N–H and O–H groups in total. The number of fused-ring (bicyclic) bond motifs is 4. The van der Waals surface area contributed by atoms with Gasteiger partial charge in [-0.1, -0.05) is 41.6 Å². The predicted octanol–water partition coefficient (Wildman–Crippen LogP) is 7.12. The fraction of sp³-hybridized carbons (Fsp3) is 0.380. The molecule has 31 heteroatoms. The standard InChI is InChI=1S/C79H94N24O7/c1-4-27-100(74(107)47-81-46-57-49-102(94-92-57)28-9-25-82-72(105)15-7-38-109-61-13-5-11-53(40-61)76-84-63-21-17-55(42-67(63)88-76)78-86-65-23-19-59(44-69(65)90-78)98-34-30-96(2)31-35-98)52-75(108)101(51-71(80)104)48-58-50-103(95-93-58)29-10-26-83-73(106)16-8-39-110-62-14-6-12-54(41-62)77-85-64-22-18-56(43-68(64)89-77)79-87-66-24-20-60(45-70(66)91-79)99-36-32-97(3)33-37-99/h5-6,11-14,17-24,40-45,49-50,81H,4,7-10,15-16,25-39,46-48,51-52H2,1-3H3,(H2,80,104)(H,82,105)(H,83,106)(H,84,88)(H,85,89)(H,86,90)(H,87,91). The van der Waals surface area contributed by atoms with Gasteiger partial charge < -0.3 is 80.5 Å². The summed E-state index contributed by atoms with van der Waals surface area (Å²) in [6.07, 6.45) is 6.84. The van der Waals surface area contributed by atoms with Crippen LogP contribution in [0.3, 0.4) is 0 Å². The van der Waals surface area contributed by atoms with Crippen LogP contribution in [-0.4, -0.2) is 238 Å².